The van der Waals surface area contributed by atoms with E-state index in [1.54, 1.807) is 6.92 Å². The van der Waals surface area contributed by atoms with E-state index in [9.17, 15) is 8.42 Å². The molecule has 0 atom stereocenters. The van der Waals surface area contributed by atoms with Gasteiger partial charge in [0.05, 0.1) is 11.4 Å². The molecule has 0 aromatic carbocycles. The highest BCUT2D eigenvalue weighted by Crippen LogP contribution is 2.24. The first kappa shape index (κ1) is 15.6. The van der Waals surface area contributed by atoms with E-state index < -0.39 is 9.84 Å². The number of fused-ring (bicyclic) bond motifs is 1. The van der Waals surface area contributed by atoms with Crippen LogP contribution in [0.2, 0.25) is 0 Å². The molecule has 1 aliphatic heterocycles. The normalized spacial score (nSPS) is 14.0. The average Bonchev–Trinajstić information content (AvgIpc) is 2.78. The van der Waals surface area contributed by atoms with Crippen molar-refractivity contribution in [3.05, 3.63) is 11.5 Å². The van der Waals surface area contributed by atoms with Crippen LogP contribution in [0.15, 0.2) is 5.03 Å². The summed E-state index contributed by atoms with van der Waals surface area (Å²) < 4.78 is 26.0. The van der Waals surface area contributed by atoms with Crippen LogP contribution in [0.3, 0.4) is 0 Å². The smallest absolute Gasteiger partial charge is 0.319 e. The molecule has 0 fully saturated rings. The van der Waals surface area contributed by atoms with Crippen LogP contribution in [-0.4, -0.2) is 29.9 Å². The summed E-state index contributed by atoms with van der Waals surface area (Å²) in [6.07, 6.45) is 4.02. The maximum Gasteiger partial charge on any atom is 0.373 e. The summed E-state index contributed by atoms with van der Waals surface area (Å²) in [6, 6.07) is 0. The van der Waals surface area contributed by atoms with E-state index in [0.29, 0.717) is 11.4 Å². The largest absolute Gasteiger partial charge is 0.373 e. The van der Waals surface area contributed by atoms with Gasteiger partial charge in [-0.3, -0.25) is 0 Å². The number of hydrogen-bond acceptors (Lipinski definition) is 5. The maximum absolute atomic E-state index is 12.1. The average molecular weight is 286 g/mol. The minimum Gasteiger partial charge on any atom is -0.319 e. The van der Waals surface area contributed by atoms with Gasteiger partial charge in [0.1, 0.15) is 5.82 Å². The topological polar surface area (TPSA) is 86.1 Å². The van der Waals surface area contributed by atoms with Gasteiger partial charge >= 0.3 is 6.15 Å². The lowest BCUT2D eigenvalue weighted by atomic mass is 10.2. The lowest BCUT2D eigenvalue weighted by Crippen LogP contribution is -2.17. The summed E-state index contributed by atoms with van der Waals surface area (Å²) in [5, 5.41) is 0.479. The molecule has 7 heteroatoms. The summed E-state index contributed by atoms with van der Waals surface area (Å²) in [6.45, 7) is 4.46. The van der Waals surface area contributed by atoms with Crippen molar-refractivity contribution in [1.82, 2.24) is 9.55 Å². The predicted octanol–water partition coefficient (Wildman–Crippen LogP) is 0.992. The lowest BCUT2D eigenvalue weighted by molar-refractivity contribution is -0.191. The molecule has 1 aromatic heterocycles. The fourth-order valence-electron chi connectivity index (χ4n) is 2.23. The number of rotatable bonds is 3. The van der Waals surface area contributed by atoms with E-state index in [-0.39, 0.29) is 11.9 Å². The highest BCUT2D eigenvalue weighted by atomic mass is 32.2. The second-order valence-corrected chi connectivity index (χ2v) is 6.42. The molecule has 19 heavy (non-hydrogen) atoms. The fraction of sp³-hybridized carbons (Fsp3) is 0.667. The number of nitrogens with zero attached hydrogens (tertiary/aromatic N) is 2. The van der Waals surface area contributed by atoms with Crippen LogP contribution in [0, 0.1) is 0 Å². The summed E-state index contributed by atoms with van der Waals surface area (Å²) in [7, 11) is -3.14. The van der Waals surface area contributed by atoms with Crippen LogP contribution in [0.5, 0.6) is 0 Å². The third kappa shape index (κ3) is 3.30. The summed E-state index contributed by atoms with van der Waals surface area (Å²) in [5.74, 6) is 1.11. The number of hydrogen-bond donors (Lipinski definition) is 0. The van der Waals surface area contributed by atoms with Gasteiger partial charge in [0.15, 0.2) is 14.9 Å². The van der Waals surface area contributed by atoms with Crippen molar-refractivity contribution < 1.29 is 18.0 Å². The van der Waals surface area contributed by atoms with E-state index in [2.05, 4.69) is 4.98 Å². The van der Waals surface area contributed by atoms with Gasteiger partial charge in [-0.25, -0.2) is 13.4 Å². The second kappa shape index (κ2) is 6.63. The minimum absolute atomic E-state index is 0.158. The summed E-state index contributed by atoms with van der Waals surface area (Å²) in [5.41, 5.74) is 0.749. The SMILES string of the molecule is CCc1nc2n(c1S(=O)(=O)CC)CCCC2.O=C=O. The Morgan fingerprint density at radius 1 is 1.26 bits per heavy atom. The first-order valence-corrected chi connectivity index (χ1v) is 7.97. The zero-order valence-corrected chi connectivity index (χ0v) is 12.0. The number of imidazole rings is 1. The maximum atomic E-state index is 12.1. The van der Waals surface area contributed by atoms with Crippen LogP contribution in [0.4, 0.5) is 0 Å². The van der Waals surface area contributed by atoms with Gasteiger partial charge in [0.25, 0.3) is 0 Å². The molecule has 1 aliphatic rings. The van der Waals surface area contributed by atoms with Gasteiger partial charge in [-0.2, -0.15) is 9.59 Å². The molecule has 0 saturated heterocycles. The molecule has 106 valence electrons. The molecular formula is C12H18N2O4S. The molecular weight excluding hydrogens is 268 g/mol. The van der Waals surface area contributed by atoms with Gasteiger partial charge in [-0.05, 0) is 19.3 Å². The molecule has 0 N–H and O–H groups in total. The minimum atomic E-state index is -3.14. The Labute approximate surface area is 112 Å². The van der Waals surface area contributed by atoms with E-state index in [1.165, 1.54) is 0 Å². The Kier molecular flexibility index (Phi) is 5.44. The van der Waals surface area contributed by atoms with Crippen LogP contribution < -0.4 is 0 Å². The van der Waals surface area contributed by atoms with Crippen molar-refractivity contribution in [3.8, 4) is 0 Å². The number of carbonyl (C=O) groups excluding carboxylic acids is 2. The van der Waals surface area contributed by atoms with Gasteiger partial charge in [0, 0.05) is 13.0 Å². The zero-order chi connectivity index (χ0) is 14.5. The number of aryl methyl sites for hydroxylation is 2. The second-order valence-electron chi connectivity index (χ2n) is 4.23. The summed E-state index contributed by atoms with van der Waals surface area (Å²) in [4.78, 5) is 20.7. The quantitative estimate of drug-likeness (QED) is 0.827. The Hall–Kier alpha value is -1.46. The van der Waals surface area contributed by atoms with E-state index in [0.717, 1.165) is 37.3 Å². The summed E-state index contributed by atoms with van der Waals surface area (Å²) >= 11 is 0. The van der Waals surface area contributed by atoms with Gasteiger partial charge in [-0.1, -0.05) is 13.8 Å². The van der Waals surface area contributed by atoms with Crippen molar-refractivity contribution >= 4 is 16.0 Å². The molecule has 0 bridgehead atoms. The molecule has 0 saturated carbocycles. The van der Waals surface area contributed by atoms with Crippen LogP contribution in [-0.2, 0) is 38.8 Å². The van der Waals surface area contributed by atoms with Gasteiger partial charge in [0.2, 0.25) is 0 Å². The number of sulfone groups is 1. The van der Waals surface area contributed by atoms with Crippen molar-refractivity contribution in [2.75, 3.05) is 5.75 Å². The third-order valence-corrected chi connectivity index (χ3v) is 4.91. The zero-order valence-electron chi connectivity index (χ0n) is 11.2. The third-order valence-electron chi connectivity index (χ3n) is 3.11. The van der Waals surface area contributed by atoms with Crippen LogP contribution in [0.25, 0.3) is 0 Å². The predicted molar refractivity (Wildman–Crippen MR) is 67.3 cm³/mol. The highest BCUT2D eigenvalue weighted by Gasteiger charge is 2.26. The molecule has 2 rings (SSSR count). The van der Waals surface area contributed by atoms with Crippen LogP contribution in [0.1, 0.15) is 38.2 Å². The monoisotopic (exact) mass is 286 g/mol. The fourth-order valence-corrected chi connectivity index (χ4v) is 3.58. The highest BCUT2D eigenvalue weighted by molar-refractivity contribution is 7.91. The molecule has 2 heterocycles. The molecule has 0 amide bonds. The molecule has 1 aromatic rings. The van der Waals surface area contributed by atoms with Gasteiger partial charge in [-0.15, -0.1) is 0 Å². The van der Waals surface area contributed by atoms with Crippen molar-refractivity contribution in [3.63, 3.8) is 0 Å². The Morgan fingerprint density at radius 2 is 1.89 bits per heavy atom. The first-order chi connectivity index (χ1) is 9.01. The standard InChI is InChI=1S/C11H18N2O2S.CO2/c1-3-9-11(16(14,15)4-2)13-8-6-5-7-10(13)12-9;2-1-3/h3-8H2,1-2H3;. The number of aromatic nitrogens is 2. The van der Waals surface area contributed by atoms with E-state index in [4.69, 9.17) is 9.59 Å². The molecule has 0 unspecified atom stereocenters. The van der Waals surface area contributed by atoms with Gasteiger partial charge < -0.3 is 4.57 Å². The Bertz CT molecular complexity index is 569. The molecule has 0 aliphatic carbocycles. The lowest BCUT2D eigenvalue weighted by Gasteiger charge is -2.16. The Morgan fingerprint density at radius 3 is 2.42 bits per heavy atom. The van der Waals surface area contributed by atoms with Crippen LogP contribution >= 0.6 is 0 Å². The molecule has 6 nitrogen and oxygen atoms in total. The Balaban J connectivity index is 0.000000550. The van der Waals surface area contributed by atoms with Crippen molar-refractivity contribution in [1.29, 1.82) is 0 Å². The van der Waals surface area contributed by atoms with E-state index >= 15 is 0 Å². The molecule has 0 spiro atoms. The first-order valence-electron chi connectivity index (χ1n) is 6.32. The van der Waals surface area contributed by atoms with Crippen molar-refractivity contribution in [2.45, 2.75) is 51.1 Å². The molecule has 0 radical (unpaired) electrons. The van der Waals surface area contributed by atoms with Crippen molar-refractivity contribution in [2.24, 2.45) is 0 Å². The van der Waals surface area contributed by atoms with E-state index in [1.807, 2.05) is 11.5 Å².